The van der Waals surface area contributed by atoms with Gasteiger partial charge in [0.1, 0.15) is 11.8 Å². The summed E-state index contributed by atoms with van der Waals surface area (Å²) in [7, 11) is 0. The Morgan fingerprint density at radius 1 is 0.974 bits per heavy atom. The van der Waals surface area contributed by atoms with E-state index in [0.29, 0.717) is 28.8 Å². The number of carbonyl (C=O) groups excluding carboxylic acids is 2. The molecule has 1 N–H and O–H groups in total. The first kappa shape index (κ1) is 30.0. The molecular weight excluding hydrogens is 587 g/mol. The summed E-state index contributed by atoms with van der Waals surface area (Å²) in [5.41, 5.74) is 2.82. The average molecular weight is 620 g/mol. The van der Waals surface area contributed by atoms with E-state index in [9.17, 15) is 9.59 Å². The number of halogens is 3. The van der Waals surface area contributed by atoms with E-state index < -0.39 is 6.04 Å². The molecular formula is C30H33BrCl2N2O3. The van der Waals surface area contributed by atoms with Crippen molar-refractivity contribution in [3.63, 3.8) is 0 Å². The van der Waals surface area contributed by atoms with E-state index in [4.69, 9.17) is 27.9 Å². The molecule has 0 saturated carbocycles. The molecule has 0 aliphatic heterocycles. The molecule has 2 amide bonds. The van der Waals surface area contributed by atoms with Gasteiger partial charge in [-0.25, -0.2) is 0 Å². The molecule has 3 rings (SSSR count). The summed E-state index contributed by atoms with van der Waals surface area (Å²) in [5.74, 6) is -0.00557. The number of nitrogens with zero attached hydrogens (tertiary/aromatic N) is 1. The minimum atomic E-state index is -0.755. The molecule has 0 bridgehead atoms. The van der Waals surface area contributed by atoms with E-state index in [1.54, 1.807) is 23.1 Å². The fourth-order valence-corrected chi connectivity index (χ4v) is 4.80. The highest BCUT2D eigenvalue weighted by Crippen LogP contribution is 2.32. The molecule has 38 heavy (non-hydrogen) atoms. The van der Waals surface area contributed by atoms with Crippen LogP contribution in [0.2, 0.25) is 10.0 Å². The molecule has 1 atom stereocenters. The lowest BCUT2D eigenvalue weighted by molar-refractivity contribution is -0.142. The average Bonchev–Trinajstić information content (AvgIpc) is 2.87. The van der Waals surface area contributed by atoms with Crippen molar-refractivity contribution < 1.29 is 14.3 Å². The molecule has 0 aliphatic rings. The molecule has 3 aromatic rings. The van der Waals surface area contributed by atoms with Gasteiger partial charge < -0.3 is 15.0 Å². The van der Waals surface area contributed by atoms with Crippen LogP contribution in [0.3, 0.4) is 0 Å². The van der Waals surface area contributed by atoms with Crippen molar-refractivity contribution in [3.05, 3.63) is 97.9 Å². The van der Waals surface area contributed by atoms with Crippen LogP contribution in [0.1, 0.15) is 44.4 Å². The van der Waals surface area contributed by atoms with E-state index in [1.807, 2.05) is 55.5 Å². The van der Waals surface area contributed by atoms with Crippen molar-refractivity contribution in [2.45, 2.75) is 52.1 Å². The molecule has 0 heterocycles. The first-order valence-corrected chi connectivity index (χ1v) is 14.0. The third kappa shape index (κ3) is 8.23. The lowest BCUT2D eigenvalue weighted by Gasteiger charge is -2.31. The van der Waals surface area contributed by atoms with E-state index in [-0.39, 0.29) is 30.4 Å². The summed E-state index contributed by atoms with van der Waals surface area (Å²) in [6.07, 6.45) is 0.351. The predicted octanol–water partition coefficient (Wildman–Crippen LogP) is 7.21. The molecule has 0 saturated heterocycles. The molecule has 0 fully saturated rings. The van der Waals surface area contributed by atoms with Gasteiger partial charge in [-0.15, -0.1) is 0 Å². The zero-order valence-corrected chi connectivity index (χ0v) is 25.2. The Balaban J connectivity index is 1.91. The zero-order chi connectivity index (χ0) is 27.9. The van der Waals surface area contributed by atoms with Crippen LogP contribution >= 0.6 is 39.1 Å². The van der Waals surface area contributed by atoms with Gasteiger partial charge in [0.15, 0.2) is 6.61 Å². The Bertz CT molecular complexity index is 1260. The highest BCUT2D eigenvalue weighted by atomic mass is 79.9. The van der Waals surface area contributed by atoms with E-state index in [1.165, 1.54) is 0 Å². The van der Waals surface area contributed by atoms with Gasteiger partial charge in [0.2, 0.25) is 5.91 Å². The summed E-state index contributed by atoms with van der Waals surface area (Å²) in [6.45, 7) is 8.63. The standard InChI is InChI=1S/C30H33BrCl2N2O3/c1-5-34-29(37)26(16-20-9-7-6-8-10-20)35(18-21-11-13-24(32)25(33)15-21)28(36)19-38-27-14-12-22(17-23(27)31)30(2,3)4/h6-15,17,26H,5,16,18-19H2,1-4H3,(H,34,37)/t26-/m0/s1. The number of amides is 2. The number of nitrogens with one attached hydrogen (secondary N) is 1. The van der Waals surface area contributed by atoms with Crippen LogP contribution in [0, 0.1) is 0 Å². The van der Waals surface area contributed by atoms with Crippen molar-refractivity contribution in [1.29, 1.82) is 0 Å². The molecule has 0 aromatic heterocycles. The van der Waals surface area contributed by atoms with Crippen molar-refractivity contribution in [1.82, 2.24) is 10.2 Å². The summed E-state index contributed by atoms with van der Waals surface area (Å²) < 4.78 is 6.71. The first-order chi connectivity index (χ1) is 18.0. The second kappa shape index (κ2) is 13.5. The monoisotopic (exact) mass is 618 g/mol. The second-order valence-electron chi connectivity index (χ2n) is 10.1. The number of carbonyl (C=O) groups is 2. The van der Waals surface area contributed by atoms with Crippen LogP contribution in [0.5, 0.6) is 5.75 Å². The van der Waals surface area contributed by atoms with E-state index in [2.05, 4.69) is 42.0 Å². The van der Waals surface area contributed by atoms with Gasteiger partial charge in [-0.1, -0.05) is 86.4 Å². The maximum absolute atomic E-state index is 13.7. The Morgan fingerprint density at radius 2 is 1.68 bits per heavy atom. The highest BCUT2D eigenvalue weighted by Gasteiger charge is 2.30. The Labute approximate surface area is 243 Å². The molecule has 0 radical (unpaired) electrons. The lowest BCUT2D eigenvalue weighted by atomic mass is 9.87. The van der Waals surface area contributed by atoms with Crippen LogP contribution in [0.4, 0.5) is 0 Å². The summed E-state index contributed by atoms with van der Waals surface area (Å²) in [4.78, 5) is 28.5. The fraction of sp³-hybridized carbons (Fsp3) is 0.333. The fourth-order valence-electron chi connectivity index (χ4n) is 3.99. The predicted molar refractivity (Wildman–Crippen MR) is 158 cm³/mol. The van der Waals surface area contributed by atoms with Crippen LogP contribution in [-0.2, 0) is 28.0 Å². The summed E-state index contributed by atoms with van der Waals surface area (Å²) in [5, 5.41) is 3.69. The quantitative estimate of drug-likeness (QED) is 0.261. The van der Waals surface area contributed by atoms with Gasteiger partial charge in [0, 0.05) is 19.5 Å². The van der Waals surface area contributed by atoms with Crippen LogP contribution in [0.25, 0.3) is 0 Å². The van der Waals surface area contributed by atoms with Gasteiger partial charge >= 0.3 is 0 Å². The van der Waals surface area contributed by atoms with E-state index >= 15 is 0 Å². The van der Waals surface area contributed by atoms with Crippen LogP contribution in [0.15, 0.2) is 71.2 Å². The zero-order valence-electron chi connectivity index (χ0n) is 22.1. The smallest absolute Gasteiger partial charge is 0.261 e. The minimum Gasteiger partial charge on any atom is -0.483 e. The first-order valence-electron chi connectivity index (χ1n) is 12.5. The molecule has 8 heteroatoms. The van der Waals surface area contributed by atoms with Gasteiger partial charge in [0.25, 0.3) is 5.91 Å². The maximum atomic E-state index is 13.7. The van der Waals surface area contributed by atoms with Gasteiger partial charge in [-0.3, -0.25) is 9.59 Å². The number of hydrogen-bond donors (Lipinski definition) is 1. The van der Waals surface area contributed by atoms with Crippen molar-refractivity contribution in [3.8, 4) is 5.75 Å². The number of benzene rings is 3. The lowest BCUT2D eigenvalue weighted by Crippen LogP contribution is -2.51. The van der Waals surface area contributed by atoms with Gasteiger partial charge in [-0.05, 0) is 69.2 Å². The van der Waals surface area contributed by atoms with Crippen molar-refractivity contribution in [2.75, 3.05) is 13.2 Å². The number of likely N-dealkylation sites (N-methyl/N-ethyl adjacent to an activating group) is 1. The Hall–Kier alpha value is -2.54. The third-order valence-electron chi connectivity index (χ3n) is 6.11. The number of hydrogen-bond acceptors (Lipinski definition) is 3. The van der Waals surface area contributed by atoms with Crippen molar-refractivity contribution >= 4 is 50.9 Å². The number of rotatable bonds is 10. The molecule has 0 aliphatic carbocycles. The Morgan fingerprint density at radius 3 is 2.29 bits per heavy atom. The summed E-state index contributed by atoms with van der Waals surface area (Å²) >= 11 is 15.9. The maximum Gasteiger partial charge on any atom is 0.261 e. The van der Waals surface area contributed by atoms with Crippen molar-refractivity contribution in [2.24, 2.45) is 0 Å². The highest BCUT2D eigenvalue weighted by molar-refractivity contribution is 9.10. The van der Waals surface area contributed by atoms with Crippen LogP contribution in [-0.4, -0.2) is 35.9 Å². The number of ether oxygens (including phenoxy) is 1. The largest absolute Gasteiger partial charge is 0.483 e. The topological polar surface area (TPSA) is 58.6 Å². The van der Waals surface area contributed by atoms with Gasteiger partial charge in [0.05, 0.1) is 14.5 Å². The molecule has 3 aromatic carbocycles. The Kier molecular flexibility index (Phi) is 10.7. The van der Waals surface area contributed by atoms with Gasteiger partial charge in [-0.2, -0.15) is 0 Å². The summed E-state index contributed by atoms with van der Waals surface area (Å²) in [6, 6.07) is 19.9. The second-order valence-corrected chi connectivity index (χ2v) is 11.7. The minimum absolute atomic E-state index is 0.0230. The molecule has 0 unspecified atom stereocenters. The molecule has 0 spiro atoms. The molecule has 202 valence electrons. The normalized spacial score (nSPS) is 12.1. The van der Waals surface area contributed by atoms with E-state index in [0.717, 1.165) is 21.2 Å². The SMILES string of the molecule is CCNC(=O)[C@H](Cc1ccccc1)N(Cc1ccc(Cl)c(Cl)c1)C(=O)COc1ccc(C(C)(C)C)cc1Br. The third-order valence-corrected chi connectivity index (χ3v) is 7.47. The molecule has 5 nitrogen and oxygen atoms in total. The van der Waals surface area contributed by atoms with Crippen LogP contribution < -0.4 is 10.1 Å².